The van der Waals surface area contributed by atoms with Gasteiger partial charge in [0.2, 0.25) is 10.0 Å². The molecular formula is C20H21F3N4O4S. The number of urea groups is 1. The minimum Gasteiger partial charge on any atom is -0.490 e. The second-order valence-corrected chi connectivity index (χ2v) is 11.3. The number of nitrogens with one attached hydrogen (secondary N) is 1. The number of hydrogen-bond acceptors (Lipinski definition) is 5. The largest absolute Gasteiger partial charge is 0.490 e. The van der Waals surface area contributed by atoms with Crippen molar-refractivity contribution in [1.82, 2.24) is 14.5 Å². The van der Waals surface area contributed by atoms with Crippen LogP contribution in [0.1, 0.15) is 30.4 Å². The Balaban J connectivity index is 1.10. The molecule has 1 aliphatic carbocycles. The third-order valence-corrected chi connectivity index (χ3v) is 8.33. The van der Waals surface area contributed by atoms with Gasteiger partial charge in [-0.25, -0.2) is 17.9 Å². The van der Waals surface area contributed by atoms with Gasteiger partial charge in [0.15, 0.2) is 0 Å². The van der Waals surface area contributed by atoms with E-state index >= 15 is 0 Å². The highest BCUT2D eigenvalue weighted by molar-refractivity contribution is 7.89. The van der Waals surface area contributed by atoms with Crippen LogP contribution in [0.3, 0.4) is 0 Å². The maximum atomic E-state index is 12.9. The van der Waals surface area contributed by atoms with E-state index in [0.717, 1.165) is 12.1 Å². The molecule has 1 aromatic carbocycles. The molecule has 5 rings (SSSR count). The summed E-state index contributed by atoms with van der Waals surface area (Å²) in [5.74, 6) is 0.324. The summed E-state index contributed by atoms with van der Waals surface area (Å²) in [4.78, 5) is 16.0. The maximum absolute atomic E-state index is 12.9. The van der Waals surface area contributed by atoms with Gasteiger partial charge < -0.3 is 14.5 Å². The quantitative estimate of drug-likeness (QED) is 0.712. The number of benzene rings is 1. The number of sulfonamides is 1. The lowest BCUT2D eigenvalue weighted by Gasteiger charge is -2.60. The van der Waals surface area contributed by atoms with E-state index in [9.17, 15) is 26.4 Å². The Hall–Kier alpha value is -2.52. The molecule has 4 fully saturated rings. The van der Waals surface area contributed by atoms with Crippen LogP contribution in [0.15, 0.2) is 18.2 Å². The zero-order valence-electron chi connectivity index (χ0n) is 17.0. The third kappa shape index (κ3) is 3.57. The van der Waals surface area contributed by atoms with Crippen molar-refractivity contribution in [1.29, 1.82) is 5.26 Å². The van der Waals surface area contributed by atoms with Crippen molar-refractivity contribution in [2.45, 2.75) is 37.1 Å². The van der Waals surface area contributed by atoms with Gasteiger partial charge in [0.05, 0.1) is 28.5 Å². The molecular weight excluding hydrogens is 449 g/mol. The van der Waals surface area contributed by atoms with Crippen molar-refractivity contribution in [3.05, 3.63) is 29.3 Å². The van der Waals surface area contributed by atoms with Crippen molar-refractivity contribution in [3.63, 3.8) is 0 Å². The van der Waals surface area contributed by atoms with Crippen LogP contribution in [0.4, 0.5) is 18.0 Å². The molecule has 0 radical (unpaired) electrons. The minimum atomic E-state index is -4.59. The lowest BCUT2D eigenvalue weighted by Crippen LogP contribution is -2.74. The molecule has 4 aliphatic rings. The molecule has 0 unspecified atom stereocenters. The molecule has 32 heavy (non-hydrogen) atoms. The fraction of sp³-hybridized carbons (Fsp3) is 0.600. The van der Waals surface area contributed by atoms with Crippen molar-refractivity contribution < 1.29 is 31.1 Å². The second kappa shape index (κ2) is 6.74. The summed E-state index contributed by atoms with van der Waals surface area (Å²) in [6.07, 6.45) is -2.88. The molecule has 3 heterocycles. The van der Waals surface area contributed by atoms with Crippen molar-refractivity contribution in [3.8, 4) is 11.8 Å². The number of rotatable bonds is 2. The van der Waals surface area contributed by atoms with Gasteiger partial charge in [0.1, 0.15) is 11.9 Å². The molecule has 172 valence electrons. The van der Waals surface area contributed by atoms with E-state index in [4.69, 9.17) is 10.00 Å². The molecule has 1 N–H and O–H groups in total. The van der Waals surface area contributed by atoms with E-state index in [1.807, 2.05) is 0 Å². The Morgan fingerprint density at radius 1 is 1.19 bits per heavy atom. The van der Waals surface area contributed by atoms with Crippen molar-refractivity contribution in [2.24, 2.45) is 5.41 Å². The average Bonchev–Trinajstić information content (AvgIpc) is 2.95. The van der Waals surface area contributed by atoms with E-state index in [-0.39, 0.29) is 29.1 Å². The molecule has 8 nitrogen and oxygen atoms in total. The molecule has 3 aliphatic heterocycles. The molecule has 0 atom stereocenters. The number of nitrogens with zero attached hydrogens (tertiary/aromatic N) is 3. The van der Waals surface area contributed by atoms with Gasteiger partial charge in [0, 0.05) is 31.6 Å². The first-order valence-electron chi connectivity index (χ1n) is 10.3. The number of likely N-dealkylation sites (tertiary alicyclic amines) is 2. The van der Waals surface area contributed by atoms with E-state index in [1.165, 1.54) is 6.07 Å². The fourth-order valence-electron chi connectivity index (χ4n) is 5.28. The first kappa shape index (κ1) is 21.3. The van der Waals surface area contributed by atoms with E-state index in [0.29, 0.717) is 45.4 Å². The third-order valence-electron chi connectivity index (χ3n) is 6.84. The monoisotopic (exact) mass is 470 g/mol. The standard InChI is InChI=1S/C20H21F3N4O4S/c21-20(22,23)16-2-1-14(5-13(16)8-24)31-15-6-18(7-15)9-26(10-18)17(28)27-11-19(12-27)3-4-32(29,30)25-19/h1-2,5,15,25H,3-4,6-7,9-12H2. The number of hydrogen-bond donors (Lipinski definition) is 1. The number of carbonyl (C=O) groups is 1. The van der Waals surface area contributed by atoms with Crippen LogP contribution in [-0.4, -0.2) is 67.8 Å². The zero-order valence-corrected chi connectivity index (χ0v) is 17.8. The van der Waals surface area contributed by atoms with Gasteiger partial charge in [-0.05, 0) is 37.5 Å². The van der Waals surface area contributed by atoms with Gasteiger partial charge in [0.25, 0.3) is 0 Å². The summed E-state index contributed by atoms with van der Waals surface area (Å²) in [5.41, 5.74) is -2.00. The Morgan fingerprint density at radius 3 is 2.41 bits per heavy atom. The highest BCUT2D eigenvalue weighted by Gasteiger charge is 2.58. The molecule has 12 heteroatoms. The van der Waals surface area contributed by atoms with Gasteiger partial charge in [-0.2, -0.15) is 18.4 Å². The minimum absolute atomic E-state index is 0.0399. The number of alkyl halides is 3. The molecule has 1 saturated carbocycles. The number of halogens is 3. The predicted molar refractivity (Wildman–Crippen MR) is 105 cm³/mol. The Bertz CT molecular complexity index is 1110. The summed E-state index contributed by atoms with van der Waals surface area (Å²) in [6.45, 7) is 1.93. The van der Waals surface area contributed by atoms with Crippen LogP contribution in [0, 0.1) is 16.7 Å². The summed E-state index contributed by atoms with van der Waals surface area (Å²) in [5, 5.41) is 9.01. The number of amides is 2. The van der Waals surface area contributed by atoms with Crippen molar-refractivity contribution >= 4 is 16.1 Å². The maximum Gasteiger partial charge on any atom is 0.417 e. The lowest BCUT2D eigenvalue weighted by atomic mass is 9.62. The highest BCUT2D eigenvalue weighted by atomic mass is 32.2. The van der Waals surface area contributed by atoms with Crippen molar-refractivity contribution in [2.75, 3.05) is 31.9 Å². The normalized spacial score (nSPS) is 25.1. The van der Waals surface area contributed by atoms with Gasteiger partial charge in [-0.3, -0.25) is 0 Å². The average molecular weight is 470 g/mol. The molecule has 2 amide bonds. The van der Waals surface area contributed by atoms with E-state index in [2.05, 4.69) is 4.72 Å². The van der Waals surface area contributed by atoms with Gasteiger partial charge in [-0.15, -0.1) is 0 Å². The summed E-state index contributed by atoms with van der Waals surface area (Å²) >= 11 is 0. The molecule has 2 spiro atoms. The Labute approximate surface area is 183 Å². The summed E-state index contributed by atoms with van der Waals surface area (Å²) in [7, 11) is -3.22. The Morgan fingerprint density at radius 2 is 1.84 bits per heavy atom. The van der Waals surface area contributed by atoms with E-state index in [1.54, 1.807) is 15.9 Å². The first-order valence-corrected chi connectivity index (χ1v) is 11.9. The number of carbonyl (C=O) groups excluding carboxylic acids is 1. The molecule has 0 bridgehead atoms. The Kier molecular flexibility index (Phi) is 4.49. The topological polar surface area (TPSA) is 103 Å². The lowest BCUT2D eigenvalue weighted by molar-refractivity contribution is -0.137. The SMILES string of the molecule is N#Cc1cc(OC2CC3(C2)CN(C(=O)N2CC4(CCS(=O)(=O)N4)C2)C3)ccc1C(F)(F)F. The summed E-state index contributed by atoms with van der Waals surface area (Å²) in [6, 6.07) is 4.66. The van der Waals surface area contributed by atoms with Crippen LogP contribution in [-0.2, 0) is 16.2 Å². The zero-order chi connectivity index (χ0) is 22.9. The van der Waals surface area contributed by atoms with Crippen LogP contribution in [0.2, 0.25) is 0 Å². The second-order valence-electron chi connectivity index (χ2n) is 9.41. The van der Waals surface area contributed by atoms with Crippen LogP contribution >= 0.6 is 0 Å². The number of ether oxygens (including phenoxy) is 1. The smallest absolute Gasteiger partial charge is 0.417 e. The molecule has 1 aromatic rings. The molecule has 0 aromatic heterocycles. The number of nitriles is 1. The van der Waals surface area contributed by atoms with Gasteiger partial charge >= 0.3 is 12.2 Å². The fourth-order valence-corrected chi connectivity index (χ4v) is 6.93. The van der Waals surface area contributed by atoms with E-state index < -0.39 is 32.9 Å². The van der Waals surface area contributed by atoms with Crippen LogP contribution < -0.4 is 9.46 Å². The van der Waals surface area contributed by atoms with Gasteiger partial charge in [-0.1, -0.05) is 0 Å². The van der Waals surface area contributed by atoms with Crippen LogP contribution in [0.5, 0.6) is 5.75 Å². The van der Waals surface area contributed by atoms with Crippen LogP contribution in [0.25, 0.3) is 0 Å². The highest BCUT2D eigenvalue weighted by Crippen LogP contribution is 2.50. The predicted octanol–water partition coefficient (Wildman–Crippen LogP) is 1.92. The molecule has 3 saturated heterocycles. The summed E-state index contributed by atoms with van der Waals surface area (Å²) < 4.78 is 70.3. The first-order chi connectivity index (χ1) is 14.9.